The Hall–Kier alpha value is -2.12. The lowest BCUT2D eigenvalue weighted by atomic mass is 10.0. The van der Waals surface area contributed by atoms with Gasteiger partial charge in [-0.25, -0.2) is 15.1 Å². The molecule has 18 heavy (non-hydrogen) atoms. The number of aliphatic hydroxyl groups excluding tert-OH is 1. The Morgan fingerprint density at radius 3 is 2.06 bits per heavy atom. The fraction of sp³-hybridized carbons (Fsp3) is 0.273. The molecular weight excluding hydrogens is 240 g/mol. The van der Waals surface area contributed by atoms with Crippen molar-refractivity contribution in [3.05, 3.63) is 34.4 Å². The van der Waals surface area contributed by atoms with Gasteiger partial charge in [0.2, 0.25) is 0 Å². The van der Waals surface area contributed by atoms with Gasteiger partial charge in [-0.3, -0.25) is 5.21 Å². The molecule has 1 aromatic rings. The molecule has 100 valence electrons. The highest BCUT2D eigenvalue weighted by atomic mass is 16.5. The number of aliphatic hydroxyl groups is 1. The van der Waals surface area contributed by atoms with Crippen LogP contribution < -0.4 is 11.2 Å². The lowest BCUT2D eigenvalue weighted by molar-refractivity contribution is 0.0693. The molecule has 0 radical (unpaired) electrons. The zero-order valence-electron chi connectivity index (χ0n) is 10.1. The highest BCUT2D eigenvalue weighted by molar-refractivity contribution is 5.89. The molecule has 0 saturated heterocycles. The molecule has 0 atom stereocenters. The van der Waals surface area contributed by atoms with E-state index in [9.17, 15) is 9.59 Å². The van der Waals surface area contributed by atoms with E-state index in [1.807, 2.05) is 13.8 Å². The highest BCUT2D eigenvalue weighted by Crippen LogP contribution is 2.16. The number of carboxylic acid groups (broad SMARTS) is 1. The third-order valence-electron chi connectivity index (χ3n) is 2.23. The molecule has 6 N–H and O–H groups in total. The van der Waals surface area contributed by atoms with Crippen LogP contribution in [0.15, 0.2) is 12.1 Å². The summed E-state index contributed by atoms with van der Waals surface area (Å²) in [6, 6.07) is 2.35. The molecule has 1 rings (SSSR count). The zero-order chi connectivity index (χ0) is 14.3. The lowest BCUT2D eigenvalue weighted by Gasteiger charge is -2.06. The van der Waals surface area contributed by atoms with Crippen LogP contribution in [0, 0.1) is 13.8 Å². The first-order valence-corrected chi connectivity index (χ1v) is 4.97. The molecule has 0 aliphatic rings. The van der Waals surface area contributed by atoms with E-state index in [0.717, 1.165) is 11.1 Å². The Morgan fingerprint density at radius 1 is 1.28 bits per heavy atom. The van der Waals surface area contributed by atoms with Crippen molar-refractivity contribution in [2.24, 2.45) is 5.73 Å². The molecule has 0 heterocycles. The largest absolute Gasteiger partial charge is 0.478 e. The first-order valence-electron chi connectivity index (χ1n) is 4.97. The number of amides is 2. The second-order valence-corrected chi connectivity index (χ2v) is 3.53. The number of nitrogens with one attached hydrogen (secondary N) is 1. The Kier molecular flexibility index (Phi) is 6.40. The van der Waals surface area contributed by atoms with Crippen LogP contribution in [-0.2, 0) is 6.61 Å². The molecule has 0 spiro atoms. The van der Waals surface area contributed by atoms with Crippen molar-refractivity contribution in [2.75, 3.05) is 0 Å². The number of benzene rings is 1. The fourth-order valence-corrected chi connectivity index (χ4v) is 1.21. The fourth-order valence-electron chi connectivity index (χ4n) is 1.21. The quantitative estimate of drug-likeness (QED) is 0.389. The van der Waals surface area contributed by atoms with Crippen LogP contribution in [0.3, 0.4) is 0 Å². The van der Waals surface area contributed by atoms with E-state index < -0.39 is 12.0 Å². The van der Waals surface area contributed by atoms with Gasteiger partial charge in [-0.2, -0.15) is 0 Å². The summed E-state index contributed by atoms with van der Waals surface area (Å²) in [6.07, 6.45) is 0. The molecule has 0 unspecified atom stereocenters. The number of carbonyl (C=O) groups excluding carboxylic acids is 1. The third-order valence-corrected chi connectivity index (χ3v) is 2.23. The number of nitrogens with two attached hydrogens (primary N) is 1. The maximum atomic E-state index is 10.7. The smallest absolute Gasteiger partial charge is 0.336 e. The minimum atomic E-state index is -0.993. The van der Waals surface area contributed by atoms with E-state index in [0.29, 0.717) is 5.56 Å². The number of primary amides is 1. The number of hydroxylamine groups is 1. The van der Waals surface area contributed by atoms with Crippen LogP contribution in [0.25, 0.3) is 0 Å². The zero-order valence-corrected chi connectivity index (χ0v) is 10.1. The second-order valence-electron chi connectivity index (χ2n) is 3.53. The molecule has 0 aromatic heterocycles. The van der Waals surface area contributed by atoms with Crippen molar-refractivity contribution in [3.8, 4) is 0 Å². The van der Waals surface area contributed by atoms with Gasteiger partial charge in [0, 0.05) is 0 Å². The number of hydrogen-bond donors (Lipinski definition) is 5. The number of carboxylic acids is 1. The summed E-state index contributed by atoms with van der Waals surface area (Å²) < 4.78 is 0. The van der Waals surface area contributed by atoms with Crippen molar-refractivity contribution in [1.82, 2.24) is 5.48 Å². The van der Waals surface area contributed by atoms with Gasteiger partial charge in [-0.05, 0) is 36.6 Å². The summed E-state index contributed by atoms with van der Waals surface area (Å²) in [7, 11) is 0. The van der Waals surface area contributed by atoms with Crippen molar-refractivity contribution in [2.45, 2.75) is 20.5 Å². The number of carbonyl (C=O) groups is 2. The van der Waals surface area contributed by atoms with Crippen LogP contribution >= 0.6 is 0 Å². The number of aromatic carboxylic acids is 1. The van der Waals surface area contributed by atoms with Crippen LogP contribution in [0.4, 0.5) is 4.79 Å². The van der Waals surface area contributed by atoms with E-state index in [1.54, 1.807) is 12.1 Å². The number of urea groups is 1. The van der Waals surface area contributed by atoms with Gasteiger partial charge >= 0.3 is 12.0 Å². The van der Waals surface area contributed by atoms with Crippen LogP contribution in [0.1, 0.15) is 27.0 Å². The Balaban J connectivity index is 0.000000494. The topological polar surface area (TPSA) is 133 Å². The van der Waals surface area contributed by atoms with Gasteiger partial charge in [-0.1, -0.05) is 6.07 Å². The van der Waals surface area contributed by atoms with E-state index in [1.165, 1.54) is 5.48 Å². The minimum Gasteiger partial charge on any atom is -0.478 e. The van der Waals surface area contributed by atoms with Crippen molar-refractivity contribution in [1.29, 1.82) is 0 Å². The molecular formula is C11H16N2O5. The summed E-state index contributed by atoms with van der Waals surface area (Å²) in [6.45, 7) is 3.51. The molecule has 0 aliphatic carbocycles. The van der Waals surface area contributed by atoms with E-state index in [4.69, 9.17) is 15.4 Å². The first kappa shape index (κ1) is 15.9. The predicted molar refractivity (Wildman–Crippen MR) is 63.3 cm³/mol. The first-order chi connectivity index (χ1) is 8.33. The maximum absolute atomic E-state index is 10.7. The average molecular weight is 256 g/mol. The molecule has 7 nitrogen and oxygen atoms in total. The Morgan fingerprint density at radius 2 is 1.72 bits per heavy atom. The van der Waals surface area contributed by atoms with Crippen LogP contribution in [0.2, 0.25) is 0 Å². The van der Waals surface area contributed by atoms with Gasteiger partial charge in [-0.15, -0.1) is 0 Å². The predicted octanol–water partition coefficient (Wildman–Crippen LogP) is 0.538. The summed E-state index contributed by atoms with van der Waals surface area (Å²) in [4.78, 5) is 20.0. The van der Waals surface area contributed by atoms with Crippen LogP contribution in [-0.4, -0.2) is 27.4 Å². The van der Waals surface area contributed by atoms with E-state index in [2.05, 4.69) is 5.73 Å². The average Bonchev–Trinajstić information content (AvgIpc) is 2.32. The highest BCUT2D eigenvalue weighted by Gasteiger charge is 2.10. The molecule has 1 aromatic carbocycles. The van der Waals surface area contributed by atoms with E-state index in [-0.39, 0.29) is 12.2 Å². The van der Waals surface area contributed by atoms with Crippen molar-refractivity contribution >= 4 is 12.0 Å². The molecule has 0 saturated carbocycles. The monoisotopic (exact) mass is 256 g/mol. The standard InChI is InChI=1S/C10H12O3.CH4N2O2/c1-6-3-8(5-11)9(10(12)13)4-7(6)2;2-1(4)3-5/h3-4,11H,5H2,1-2H3,(H,12,13);5H,(H3,2,3,4). The van der Waals surface area contributed by atoms with Gasteiger partial charge in [0.05, 0.1) is 12.2 Å². The van der Waals surface area contributed by atoms with Gasteiger partial charge in [0.15, 0.2) is 0 Å². The lowest BCUT2D eigenvalue weighted by Crippen LogP contribution is -2.25. The van der Waals surface area contributed by atoms with Crippen molar-refractivity contribution in [3.63, 3.8) is 0 Å². The maximum Gasteiger partial charge on any atom is 0.336 e. The number of aryl methyl sites for hydroxylation is 2. The van der Waals surface area contributed by atoms with Gasteiger partial charge in [0.1, 0.15) is 0 Å². The summed E-state index contributed by atoms with van der Waals surface area (Å²) in [5.74, 6) is -0.993. The molecule has 0 bridgehead atoms. The summed E-state index contributed by atoms with van der Waals surface area (Å²) in [5.41, 5.74) is 8.03. The number of rotatable bonds is 2. The molecule has 0 fully saturated rings. The SMILES string of the molecule is Cc1cc(CO)c(C(=O)O)cc1C.NC(=O)NO. The summed E-state index contributed by atoms with van der Waals surface area (Å²) >= 11 is 0. The molecule has 2 amide bonds. The Bertz CT molecular complexity index is 445. The van der Waals surface area contributed by atoms with Crippen molar-refractivity contribution < 1.29 is 25.0 Å². The van der Waals surface area contributed by atoms with E-state index >= 15 is 0 Å². The minimum absolute atomic E-state index is 0.186. The van der Waals surface area contributed by atoms with Gasteiger partial charge in [0.25, 0.3) is 0 Å². The Labute approximate surface area is 104 Å². The molecule has 7 heteroatoms. The normalized spacial score (nSPS) is 9.11. The second kappa shape index (κ2) is 7.25. The van der Waals surface area contributed by atoms with Gasteiger partial charge < -0.3 is 15.9 Å². The summed E-state index contributed by atoms with van der Waals surface area (Å²) in [5, 5.41) is 25.1. The third kappa shape index (κ3) is 4.81. The molecule has 0 aliphatic heterocycles. The van der Waals surface area contributed by atoms with Crippen LogP contribution in [0.5, 0.6) is 0 Å². The number of hydrogen-bond acceptors (Lipinski definition) is 4.